The summed E-state index contributed by atoms with van der Waals surface area (Å²) >= 11 is 0. The molecule has 0 fully saturated rings. The van der Waals surface area contributed by atoms with Gasteiger partial charge >= 0.3 is 0 Å². The molecule has 10 heteroatoms. The average molecular weight is 566 g/mol. The Hall–Kier alpha value is -4.96. The van der Waals surface area contributed by atoms with E-state index in [2.05, 4.69) is 10.4 Å². The molecular weight excluding hydrogens is 538 g/mol. The molecule has 3 aromatic heterocycles. The van der Waals surface area contributed by atoms with Crippen molar-refractivity contribution in [3.8, 4) is 28.4 Å². The third-order valence-corrected chi connectivity index (χ3v) is 8.31. The highest BCUT2D eigenvalue weighted by Gasteiger charge is 2.26. The van der Waals surface area contributed by atoms with Crippen LogP contribution >= 0.6 is 0 Å². The van der Waals surface area contributed by atoms with Crippen LogP contribution in [0.15, 0.2) is 89.5 Å². The number of para-hydroxylation sites is 1. The number of anilines is 1. The molecule has 0 saturated heterocycles. The zero-order valence-corrected chi connectivity index (χ0v) is 23.7. The van der Waals surface area contributed by atoms with Crippen LogP contribution in [0.3, 0.4) is 0 Å². The average Bonchev–Trinajstić information content (AvgIpc) is 3.57. The smallest absolute Gasteiger partial charge is 0.255 e. The Morgan fingerprint density at radius 1 is 1.00 bits per heavy atom. The molecule has 3 aromatic carbocycles. The predicted octanol–water partition coefficient (Wildman–Crippen LogP) is 5.56. The van der Waals surface area contributed by atoms with E-state index in [1.807, 2.05) is 67.6 Å². The SMILES string of the molecule is CNC(=O)c1c(-c2ccc(C)cc2)oc2cc(N(C)S(C)(=O)=O)c(-c3cccc(-n4ncc5ccccc54)n3)cc12. The molecule has 206 valence electrons. The highest BCUT2D eigenvalue weighted by atomic mass is 32.2. The van der Waals surface area contributed by atoms with Gasteiger partial charge < -0.3 is 9.73 Å². The van der Waals surface area contributed by atoms with E-state index in [1.165, 1.54) is 11.4 Å². The number of amides is 1. The summed E-state index contributed by atoms with van der Waals surface area (Å²) in [5, 5.41) is 8.74. The van der Waals surface area contributed by atoms with E-state index in [4.69, 9.17) is 9.40 Å². The van der Waals surface area contributed by atoms with Gasteiger partial charge in [0.2, 0.25) is 10.0 Å². The molecule has 0 radical (unpaired) electrons. The fourth-order valence-electron chi connectivity index (χ4n) is 4.88. The molecule has 6 aromatic rings. The molecule has 3 heterocycles. The van der Waals surface area contributed by atoms with E-state index < -0.39 is 10.0 Å². The lowest BCUT2D eigenvalue weighted by molar-refractivity contribution is 0.0964. The van der Waals surface area contributed by atoms with Gasteiger partial charge in [0, 0.05) is 42.1 Å². The van der Waals surface area contributed by atoms with E-state index in [-0.39, 0.29) is 5.91 Å². The van der Waals surface area contributed by atoms with Crippen LogP contribution in [0.1, 0.15) is 15.9 Å². The fraction of sp³-hybridized carbons (Fsp3) is 0.129. The van der Waals surface area contributed by atoms with Crippen molar-refractivity contribution in [2.24, 2.45) is 0 Å². The van der Waals surface area contributed by atoms with Crippen molar-refractivity contribution in [2.45, 2.75) is 6.92 Å². The van der Waals surface area contributed by atoms with Gasteiger partial charge in [0.15, 0.2) is 5.82 Å². The zero-order chi connectivity index (χ0) is 28.9. The molecule has 0 aliphatic heterocycles. The van der Waals surface area contributed by atoms with Gasteiger partial charge in [-0.2, -0.15) is 5.10 Å². The summed E-state index contributed by atoms with van der Waals surface area (Å²) < 4.78 is 34.6. The molecule has 0 spiro atoms. The van der Waals surface area contributed by atoms with Crippen LogP contribution in [0.25, 0.3) is 50.3 Å². The fourth-order valence-corrected chi connectivity index (χ4v) is 5.39. The minimum absolute atomic E-state index is 0.320. The van der Waals surface area contributed by atoms with Crippen LogP contribution < -0.4 is 9.62 Å². The van der Waals surface area contributed by atoms with Crippen molar-refractivity contribution >= 4 is 43.5 Å². The summed E-state index contributed by atoms with van der Waals surface area (Å²) in [5.41, 5.74) is 4.82. The Balaban J connectivity index is 1.62. The van der Waals surface area contributed by atoms with E-state index in [0.717, 1.165) is 28.3 Å². The van der Waals surface area contributed by atoms with E-state index in [1.54, 1.807) is 36.1 Å². The number of furan rings is 1. The van der Waals surface area contributed by atoms with Crippen LogP contribution in [-0.4, -0.2) is 49.4 Å². The number of nitrogens with zero attached hydrogens (tertiary/aromatic N) is 4. The largest absolute Gasteiger partial charge is 0.455 e. The quantitative estimate of drug-likeness (QED) is 0.283. The number of hydrogen-bond donors (Lipinski definition) is 1. The molecule has 9 nitrogen and oxygen atoms in total. The summed E-state index contributed by atoms with van der Waals surface area (Å²) in [6, 6.07) is 24.4. The molecule has 6 rings (SSSR count). The predicted molar refractivity (Wildman–Crippen MR) is 161 cm³/mol. The number of carbonyl (C=O) groups excluding carboxylic acids is 1. The summed E-state index contributed by atoms with van der Waals surface area (Å²) in [6.45, 7) is 1.98. The molecular formula is C31H27N5O4S. The molecule has 0 saturated carbocycles. The summed E-state index contributed by atoms with van der Waals surface area (Å²) in [7, 11) is -0.609. The third-order valence-electron chi connectivity index (χ3n) is 7.12. The lowest BCUT2D eigenvalue weighted by Gasteiger charge is -2.20. The van der Waals surface area contributed by atoms with Crippen LogP contribution in [0, 0.1) is 6.92 Å². The first kappa shape index (κ1) is 26.3. The highest BCUT2D eigenvalue weighted by Crippen LogP contribution is 2.41. The molecule has 0 aliphatic rings. The van der Waals surface area contributed by atoms with Crippen LogP contribution in [-0.2, 0) is 10.0 Å². The van der Waals surface area contributed by atoms with Gasteiger partial charge in [-0.15, -0.1) is 0 Å². The molecule has 0 unspecified atom stereocenters. The number of pyridine rings is 1. The molecule has 1 N–H and O–H groups in total. The zero-order valence-electron chi connectivity index (χ0n) is 22.9. The summed E-state index contributed by atoms with van der Waals surface area (Å²) in [6.07, 6.45) is 2.91. The second kappa shape index (κ2) is 9.90. The number of nitrogens with one attached hydrogen (secondary N) is 1. The normalized spacial score (nSPS) is 11.7. The first-order chi connectivity index (χ1) is 19.7. The van der Waals surface area contributed by atoms with Crippen LogP contribution in [0.2, 0.25) is 0 Å². The van der Waals surface area contributed by atoms with Crippen molar-refractivity contribution in [3.63, 3.8) is 0 Å². The number of sulfonamides is 1. The molecule has 0 aliphatic carbocycles. The number of carbonyl (C=O) groups is 1. The Bertz CT molecular complexity index is 2060. The second-order valence-corrected chi connectivity index (χ2v) is 11.9. The van der Waals surface area contributed by atoms with Gasteiger partial charge in [-0.3, -0.25) is 9.10 Å². The van der Waals surface area contributed by atoms with Gasteiger partial charge in [0.25, 0.3) is 5.91 Å². The molecule has 0 bridgehead atoms. The molecule has 0 atom stereocenters. The van der Waals surface area contributed by atoms with E-state index in [0.29, 0.717) is 45.1 Å². The van der Waals surface area contributed by atoms with Crippen LogP contribution in [0.5, 0.6) is 0 Å². The van der Waals surface area contributed by atoms with Crippen molar-refractivity contribution in [3.05, 3.63) is 96.2 Å². The monoisotopic (exact) mass is 565 g/mol. The van der Waals surface area contributed by atoms with Crippen molar-refractivity contribution in [2.75, 3.05) is 24.7 Å². The lowest BCUT2D eigenvalue weighted by Crippen LogP contribution is -2.25. The minimum atomic E-state index is -3.65. The third kappa shape index (κ3) is 4.62. The van der Waals surface area contributed by atoms with Crippen molar-refractivity contribution in [1.82, 2.24) is 20.1 Å². The summed E-state index contributed by atoms with van der Waals surface area (Å²) in [4.78, 5) is 18.1. The van der Waals surface area contributed by atoms with Crippen molar-refractivity contribution in [1.29, 1.82) is 0 Å². The maximum absolute atomic E-state index is 13.2. The minimum Gasteiger partial charge on any atom is -0.455 e. The maximum atomic E-state index is 13.2. The molecule has 41 heavy (non-hydrogen) atoms. The number of aromatic nitrogens is 3. The standard InChI is InChI=1S/C31H27N5O4S/c1-19-12-14-20(15-13-19)30-29(31(37)32-2)23-16-22(26(17-27(23)40-30)35(3)41(4,38)39)24-9-7-11-28(34-24)36-25-10-6-5-8-21(25)18-33-36/h5-18H,1-4H3,(H,32,37). The Labute approximate surface area is 237 Å². The van der Waals surface area contributed by atoms with Gasteiger partial charge in [-0.1, -0.05) is 54.1 Å². The number of fused-ring (bicyclic) bond motifs is 2. The Kier molecular flexibility index (Phi) is 6.34. The lowest BCUT2D eigenvalue weighted by atomic mass is 10.0. The van der Waals surface area contributed by atoms with E-state index >= 15 is 0 Å². The summed E-state index contributed by atoms with van der Waals surface area (Å²) in [5.74, 6) is 0.643. The van der Waals surface area contributed by atoms with Gasteiger partial charge in [-0.05, 0) is 31.2 Å². The topological polar surface area (TPSA) is 110 Å². The Morgan fingerprint density at radius 3 is 2.49 bits per heavy atom. The number of hydrogen-bond acceptors (Lipinski definition) is 6. The van der Waals surface area contributed by atoms with E-state index in [9.17, 15) is 13.2 Å². The van der Waals surface area contributed by atoms with Crippen LogP contribution in [0.4, 0.5) is 5.69 Å². The highest BCUT2D eigenvalue weighted by molar-refractivity contribution is 7.92. The number of benzene rings is 3. The van der Waals surface area contributed by atoms with Gasteiger partial charge in [0.1, 0.15) is 11.3 Å². The number of rotatable bonds is 6. The maximum Gasteiger partial charge on any atom is 0.255 e. The van der Waals surface area contributed by atoms with Gasteiger partial charge in [0.05, 0.1) is 34.9 Å². The van der Waals surface area contributed by atoms with Crippen molar-refractivity contribution < 1.29 is 17.6 Å². The number of aryl methyl sites for hydroxylation is 1. The second-order valence-electron chi connectivity index (χ2n) is 9.84. The van der Waals surface area contributed by atoms with Gasteiger partial charge in [-0.25, -0.2) is 18.1 Å². The molecule has 1 amide bonds. The Morgan fingerprint density at radius 2 is 1.76 bits per heavy atom. The first-order valence-corrected chi connectivity index (χ1v) is 14.7. The first-order valence-electron chi connectivity index (χ1n) is 12.9.